The van der Waals surface area contributed by atoms with Gasteiger partial charge in [-0.15, -0.1) is 11.3 Å². The van der Waals surface area contributed by atoms with Crippen molar-refractivity contribution in [2.75, 3.05) is 19.0 Å². The minimum atomic E-state index is -0.199. The topological polar surface area (TPSA) is 77.5 Å². The second-order valence-electron chi connectivity index (χ2n) is 4.69. The van der Waals surface area contributed by atoms with Crippen LogP contribution in [-0.4, -0.2) is 36.7 Å². The average molecular weight is 298 g/mol. The highest BCUT2D eigenvalue weighted by Gasteiger charge is 2.27. The third-order valence-corrected chi connectivity index (χ3v) is 4.03. The summed E-state index contributed by atoms with van der Waals surface area (Å²) in [5.74, 6) is -0.371. The summed E-state index contributed by atoms with van der Waals surface area (Å²) in [6, 6.07) is 0. The summed E-state index contributed by atoms with van der Waals surface area (Å²) in [5, 5.41) is 5.04. The molecule has 0 aliphatic heterocycles. The third kappa shape index (κ3) is 4.28. The van der Waals surface area contributed by atoms with Crippen molar-refractivity contribution < 1.29 is 19.1 Å². The summed E-state index contributed by atoms with van der Waals surface area (Å²) >= 11 is 1.37. The Morgan fingerprint density at radius 3 is 2.75 bits per heavy atom. The van der Waals surface area contributed by atoms with Crippen molar-refractivity contribution in [1.82, 2.24) is 4.98 Å². The van der Waals surface area contributed by atoms with Crippen LogP contribution >= 0.6 is 11.3 Å². The molecule has 1 aromatic heterocycles. The molecule has 0 saturated heterocycles. The summed E-state index contributed by atoms with van der Waals surface area (Å²) < 4.78 is 10.3. The Balaban J connectivity index is 1.66. The lowest BCUT2D eigenvalue weighted by molar-refractivity contribution is -0.148. The molecule has 1 N–H and O–H groups in total. The van der Waals surface area contributed by atoms with Gasteiger partial charge < -0.3 is 9.47 Å². The number of aromatic nitrogens is 1. The van der Waals surface area contributed by atoms with Gasteiger partial charge in [0.15, 0.2) is 5.13 Å². The van der Waals surface area contributed by atoms with Crippen LogP contribution in [0.3, 0.4) is 0 Å². The van der Waals surface area contributed by atoms with Crippen LogP contribution < -0.4 is 5.32 Å². The molecule has 0 bridgehead atoms. The molecule has 1 amide bonds. The molecule has 20 heavy (non-hydrogen) atoms. The van der Waals surface area contributed by atoms with E-state index in [-0.39, 0.29) is 30.5 Å². The standard InChI is InChI=1S/C13H18N2O4S/c1-18-12(17)9-2-4-10(5-3-9)19-8-11(16)15-13-14-6-7-20-13/h6-7,9-10H,2-5,8H2,1H3,(H,14,15,16). The summed E-state index contributed by atoms with van der Waals surface area (Å²) in [6.07, 6.45) is 4.75. The van der Waals surface area contributed by atoms with Crippen molar-refractivity contribution in [3.63, 3.8) is 0 Å². The van der Waals surface area contributed by atoms with Crippen LogP contribution in [0.15, 0.2) is 11.6 Å². The van der Waals surface area contributed by atoms with Gasteiger partial charge in [0.2, 0.25) is 0 Å². The van der Waals surface area contributed by atoms with E-state index in [1.165, 1.54) is 18.4 Å². The van der Waals surface area contributed by atoms with Gasteiger partial charge in [0, 0.05) is 11.6 Å². The molecule has 1 saturated carbocycles. The first-order valence-corrected chi connectivity index (χ1v) is 7.45. The molecular weight excluding hydrogens is 280 g/mol. The lowest BCUT2D eigenvalue weighted by Gasteiger charge is -2.26. The summed E-state index contributed by atoms with van der Waals surface area (Å²) in [5.41, 5.74) is 0. The van der Waals surface area contributed by atoms with E-state index in [9.17, 15) is 9.59 Å². The molecule has 110 valence electrons. The van der Waals surface area contributed by atoms with Gasteiger partial charge in [-0.3, -0.25) is 14.9 Å². The number of nitrogens with one attached hydrogen (secondary N) is 1. The van der Waals surface area contributed by atoms with Gasteiger partial charge in [0.1, 0.15) is 6.61 Å². The highest BCUT2D eigenvalue weighted by Crippen LogP contribution is 2.27. The zero-order valence-electron chi connectivity index (χ0n) is 11.3. The van der Waals surface area contributed by atoms with Crippen LogP contribution in [0.4, 0.5) is 5.13 Å². The first-order chi connectivity index (χ1) is 9.69. The number of ether oxygens (including phenoxy) is 2. The maximum absolute atomic E-state index is 11.6. The Morgan fingerprint density at radius 2 is 2.15 bits per heavy atom. The summed E-state index contributed by atoms with van der Waals surface area (Å²) in [7, 11) is 1.41. The average Bonchev–Trinajstić information content (AvgIpc) is 2.97. The number of carbonyl (C=O) groups is 2. The van der Waals surface area contributed by atoms with E-state index < -0.39 is 0 Å². The largest absolute Gasteiger partial charge is 0.469 e. The van der Waals surface area contributed by atoms with E-state index in [1.807, 2.05) is 0 Å². The molecule has 1 aliphatic carbocycles. The summed E-state index contributed by atoms with van der Waals surface area (Å²) in [4.78, 5) is 27.0. The first kappa shape index (κ1) is 14.9. The molecule has 0 atom stereocenters. The number of rotatable bonds is 5. The molecule has 2 rings (SSSR count). The van der Waals surface area contributed by atoms with Crippen molar-refractivity contribution in [2.24, 2.45) is 5.92 Å². The molecule has 1 aromatic rings. The van der Waals surface area contributed by atoms with Crippen molar-refractivity contribution in [3.05, 3.63) is 11.6 Å². The van der Waals surface area contributed by atoms with Gasteiger partial charge in [-0.2, -0.15) is 0 Å². The molecule has 6 nitrogen and oxygen atoms in total. The van der Waals surface area contributed by atoms with E-state index in [2.05, 4.69) is 10.3 Å². The molecule has 1 heterocycles. The number of hydrogen-bond donors (Lipinski definition) is 1. The fourth-order valence-corrected chi connectivity index (χ4v) is 2.81. The molecule has 7 heteroatoms. The molecule has 0 spiro atoms. The van der Waals surface area contributed by atoms with Crippen LogP contribution in [0.2, 0.25) is 0 Å². The molecule has 0 unspecified atom stereocenters. The van der Waals surface area contributed by atoms with E-state index in [0.717, 1.165) is 25.7 Å². The number of nitrogens with zero attached hydrogens (tertiary/aromatic N) is 1. The number of esters is 1. The van der Waals surface area contributed by atoms with Crippen molar-refractivity contribution in [1.29, 1.82) is 0 Å². The van der Waals surface area contributed by atoms with Crippen LogP contribution in [0, 0.1) is 5.92 Å². The van der Waals surface area contributed by atoms with Gasteiger partial charge in [0.25, 0.3) is 5.91 Å². The molecule has 0 aromatic carbocycles. The maximum Gasteiger partial charge on any atom is 0.308 e. The van der Waals surface area contributed by atoms with Crippen LogP contribution in [-0.2, 0) is 19.1 Å². The molecule has 1 fully saturated rings. The van der Waals surface area contributed by atoms with Crippen LogP contribution in [0.5, 0.6) is 0 Å². The highest BCUT2D eigenvalue weighted by molar-refractivity contribution is 7.13. The fraction of sp³-hybridized carbons (Fsp3) is 0.615. The number of carbonyl (C=O) groups excluding carboxylic acids is 2. The van der Waals surface area contributed by atoms with E-state index in [0.29, 0.717) is 5.13 Å². The Morgan fingerprint density at radius 1 is 1.40 bits per heavy atom. The fourth-order valence-electron chi connectivity index (χ4n) is 2.27. The quantitative estimate of drug-likeness (QED) is 0.839. The Hall–Kier alpha value is -1.47. The van der Waals surface area contributed by atoms with Gasteiger partial charge >= 0.3 is 5.97 Å². The number of amides is 1. The minimum Gasteiger partial charge on any atom is -0.469 e. The number of anilines is 1. The molecule has 0 radical (unpaired) electrons. The second kappa shape index (κ2) is 7.35. The normalized spacial score (nSPS) is 22.2. The lowest BCUT2D eigenvalue weighted by Crippen LogP contribution is -2.29. The Bertz CT molecular complexity index is 441. The predicted octanol–water partition coefficient (Wildman–Crippen LogP) is 1.83. The number of hydrogen-bond acceptors (Lipinski definition) is 6. The number of thiazole rings is 1. The molecule has 1 aliphatic rings. The van der Waals surface area contributed by atoms with Crippen LogP contribution in [0.1, 0.15) is 25.7 Å². The zero-order chi connectivity index (χ0) is 14.4. The summed E-state index contributed by atoms with van der Waals surface area (Å²) in [6.45, 7) is 0.0210. The highest BCUT2D eigenvalue weighted by atomic mass is 32.1. The number of methoxy groups -OCH3 is 1. The maximum atomic E-state index is 11.6. The van der Waals surface area contributed by atoms with E-state index >= 15 is 0 Å². The van der Waals surface area contributed by atoms with Crippen LogP contribution in [0.25, 0.3) is 0 Å². The van der Waals surface area contributed by atoms with Gasteiger partial charge in [-0.1, -0.05) is 0 Å². The van der Waals surface area contributed by atoms with Gasteiger partial charge in [-0.05, 0) is 25.7 Å². The molecular formula is C13H18N2O4S. The Labute approximate surface area is 121 Å². The van der Waals surface area contributed by atoms with Crippen molar-refractivity contribution >= 4 is 28.3 Å². The minimum absolute atomic E-state index is 0.0210. The van der Waals surface area contributed by atoms with E-state index in [4.69, 9.17) is 9.47 Å². The third-order valence-electron chi connectivity index (χ3n) is 3.34. The monoisotopic (exact) mass is 298 g/mol. The lowest BCUT2D eigenvalue weighted by atomic mass is 9.87. The van der Waals surface area contributed by atoms with Crippen molar-refractivity contribution in [2.45, 2.75) is 31.8 Å². The smallest absolute Gasteiger partial charge is 0.308 e. The van der Waals surface area contributed by atoms with E-state index in [1.54, 1.807) is 11.6 Å². The Kier molecular flexibility index (Phi) is 5.49. The SMILES string of the molecule is COC(=O)C1CCC(OCC(=O)Nc2nccs2)CC1. The van der Waals surface area contributed by atoms with Crippen molar-refractivity contribution in [3.8, 4) is 0 Å². The van der Waals surface area contributed by atoms with Gasteiger partial charge in [-0.25, -0.2) is 4.98 Å². The zero-order valence-corrected chi connectivity index (χ0v) is 12.1. The predicted molar refractivity (Wildman–Crippen MR) is 74.5 cm³/mol. The van der Waals surface area contributed by atoms with Gasteiger partial charge in [0.05, 0.1) is 19.1 Å². The first-order valence-electron chi connectivity index (χ1n) is 6.58. The second-order valence-corrected chi connectivity index (χ2v) is 5.59.